The maximum atomic E-state index is 13.9. The highest BCUT2D eigenvalue weighted by molar-refractivity contribution is 5.95. The van der Waals surface area contributed by atoms with Gasteiger partial charge in [-0.3, -0.25) is 14.9 Å². The van der Waals surface area contributed by atoms with Crippen molar-refractivity contribution in [3.8, 4) is 0 Å². The summed E-state index contributed by atoms with van der Waals surface area (Å²) in [5.74, 6) is -3.50. The molecule has 0 spiro atoms. The highest BCUT2D eigenvalue weighted by Gasteiger charge is 2.31. The van der Waals surface area contributed by atoms with Gasteiger partial charge in [0.2, 0.25) is 5.82 Å². The van der Waals surface area contributed by atoms with Crippen molar-refractivity contribution in [3.05, 3.63) is 39.4 Å². The molecule has 0 atom stereocenters. The molecule has 0 aliphatic heterocycles. The highest BCUT2D eigenvalue weighted by Crippen LogP contribution is 2.36. The van der Waals surface area contributed by atoms with Crippen LogP contribution >= 0.6 is 0 Å². The number of carbonyl (C=O) groups excluding carboxylic acids is 1. The second-order valence-electron chi connectivity index (χ2n) is 5.71. The van der Waals surface area contributed by atoms with E-state index in [4.69, 9.17) is 0 Å². The van der Waals surface area contributed by atoms with Crippen molar-refractivity contribution in [2.24, 2.45) is 5.41 Å². The quantitative estimate of drug-likeness (QED) is 0.685. The van der Waals surface area contributed by atoms with Crippen LogP contribution in [0.2, 0.25) is 0 Å². The number of halogens is 2. The van der Waals surface area contributed by atoms with Gasteiger partial charge in [-0.05, 0) is 24.3 Å². The van der Waals surface area contributed by atoms with Gasteiger partial charge in [-0.25, -0.2) is 4.39 Å². The molecule has 1 aliphatic rings. The number of hydrogen-bond donors (Lipinski definition) is 1. The van der Waals surface area contributed by atoms with Crippen LogP contribution in [0, 0.1) is 27.2 Å². The first-order valence-corrected chi connectivity index (χ1v) is 6.75. The second-order valence-corrected chi connectivity index (χ2v) is 5.71. The Balaban J connectivity index is 2.19. The zero-order valence-corrected chi connectivity index (χ0v) is 11.6. The normalized spacial score (nSPS) is 16.7. The van der Waals surface area contributed by atoms with Crippen LogP contribution in [0.25, 0.3) is 0 Å². The van der Waals surface area contributed by atoms with Crippen LogP contribution < -0.4 is 5.32 Å². The van der Waals surface area contributed by atoms with Gasteiger partial charge < -0.3 is 5.32 Å². The lowest BCUT2D eigenvalue weighted by molar-refractivity contribution is -0.387. The molecule has 1 aromatic rings. The minimum atomic E-state index is -1.44. The Morgan fingerprint density at radius 2 is 2.00 bits per heavy atom. The molecule has 114 valence electrons. The summed E-state index contributed by atoms with van der Waals surface area (Å²) in [5.41, 5.74) is -1.89. The Kier molecular flexibility index (Phi) is 4.20. The molecule has 1 aliphatic carbocycles. The Morgan fingerprint density at radius 3 is 2.57 bits per heavy atom. The number of nitrogens with zero attached hydrogens (tertiary/aromatic N) is 1. The lowest BCUT2D eigenvalue weighted by Crippen LogP contribution is -2.35. The van der Waals surface area contributed by atoms with Crippen molar-refractivity contribution in [2.45, 2.75) is 32.6 Å². The molecule has 1 aromatic carbocycles. The summed E-state index contributed by atoms with van der Waals surface area (Å²) in [4.78, 5) is 21.6. The molecule has 1 saturated carbocycles. The number of carbonyl (C=O) groups is 1. The van der Waals surface area contributed by atoms with Crippen LogP contribution in [-0.2, 0) is 0 Å². The molecule has 0 heterocycles. The number of nitro benzene ring substituents is 1. The fourth-order valence-electron chi connectivity index (χ4n) is 2.68. The van der Waals surface area contributed by atoms with Gasteiger partial charge in [0.25, 0.3) is 5.91 Å². The van der Waals surface area contributed by atoms with Crippen molar-refractivity contribution in [1.82, 2.24) is 5.32 Å². The molecule has 0 unspecified atom stereocenters. The van der Waals surface area contributed by atoms with Crippen molar-refractivity contribution < 1.29 is 18.5 Å². The van der Waals surface area contributed by atoms with Gasteiger partial charge in [-0.1, -0.05) is 19.8 Å². The summed E-state index contributed by atoms with van der Waals surface area (Å²) >= 11 is 0. The summed E-state index contributed by atoms with van der Waals surface area (Å²) < 4.78 is 27.5. The van der Waals surface area contributed by atoms with Gasteiger partial charge in [0.15, 0.2) is 0 Å². The van der Waals surface area contributed by atoms with E-state index in [1.165, 1.54) is 0 Å². The van der Waals surface area contributed by atoms with Crippen molar-refractivity contribution in [1.29, 1.82) is 0 Å². The Bertz CT molecular complexity index is 584. The van der Waals surface area contributed by atoms with E-state index in [0.29, 0.717) is 12.6 Å². The number of hydrogen-bond acceptors (Lipinski definition) is 3. The first-order valence-electron chi connectivity index (χ1n) is 6.75. The van der Waals surface area contributed by atoms with Gasteiger partial charge in [-0.15, -0.1) is 0 Å². The highest BCUT2D eigenvalue weighted by atomic mass is 19.1. The standard InChI is InChI=1S/C14H16F2N2O3/c1-14(6-2-3-7-14)8-17-13(19)11-9(15)4-5-10(12(11)16)18(20)21/h4-5H,2-3,6-8H2,1H3,(H,17,19). The maximum absolute atomic E-state index is 13.9. The summed E-state index contributed by atoms with van der Waals surface area (Å²) in [7, 11) is 0. The monoisotopic (exact) mass is 298 g/mol. The van der Waals surface area contributed by atoms with E-state index in [1.54, 1.807) is 0 Å². The number of amides is 1. The Morgan fingerprint density at radius 1 is 1.38 bits per heavy atom. The molecule has 7 heteroatoms. The summed E-state index contributed by atoms with van der Waals surface area (Å²) in [5, 5.41) is 13.1. The fraction of sp³-hybridized carbons (Fsp3) is 0.500. The fourth-order valence-corrected chi connectivity index (χ4v) is 2.68. The number of nitro groups is 1. The van der Waals surface area contributed by atoms with E-state index in [1.807, 2.05) is 6.92 Å². The molecule has 21 heavy (non-hydrogen) atoms. The van der Waals surface area contributed by atoms with E-state index in [9.17, 15) is 23.7 Å². The third kappa shape index (κ3) is 3.17. The van der Waals surface area contributed by atoms with Crippen molar-refractivity contribution in [3.63, 3.8) is 0 Å². The van der Waals surface area contributed by atoms with Crippen LogP contribution in [-0.4, -0.2) is 17.4 Å². The van der Waals surface area contributed by atoms with Crippen LogP contribution in [0.5, 0.6) is 0 Å². The van der Waals surface area contributed by atoms with E-state index >= 15 is 0 Å². The van der Waals surface area contributed by atoms with Gasteiger partial charge >= 0.3 is 5.69 Å². The molecule has 1 N–H and O–H groups in total. The molecule has 5 nitrogen and oxygen atoms in total. The van der Waals surface area contributed by atoms with Gasteiger partial charge in [-0.2, -0.15) is 4.39 Å². The molecule has 0 aromatic heterocycles. The zero-order chi connectivity index (χ0) is 15.6. The molecule has 0 bridgehead atoms. The third-order valence-corrected chi connectivity index (χ3v) is 3.98. The predicted molar refractivity (Wildman–Crippen MR) is 71.9 cm³/mol. The first kappa shape index (κ1) is 15.3. The smallest absolute Gasteiger partial charge is 0.305 e. The van der Waals surface area contributed by atoms with Crippen molar-refractivity contribution >= 4 is 11.6 Å². The second kappa shape index (κ2) is 5.75. The Hall–Kier alpha value is -2.05. The van der Waals surface area contributed by atoms with E-state index in [2.05, 4.69) is 5.32 Å². The molecule has 0 radical (unpaired) electrons. The number of nitrogens with one attached hydrogen (secondary N) is 1. The Labute approximate surface area is 120 Å². The van der Waals surface area contributed by atoms with E-state index < -0.39 is 33.7 Å². The molecule has 1 amide bonds. The summed E-state index contributed by atoms with van der Waals surface area (Å²) in [6, 6.07) is 1.44. The summed E-state index contributed by atoms with van der Waals surface area (Å²) in [6.45, 7) is 2.30. The minimum Gasteiger partial charge on any atom is -0.351 e. The predicted octanol–water partition coefficient (Wildman–Crippen LogP) is 3.18. The maximum Gasteiger partial charge on any atom is 0.305 e. The van der Waals surface area contributed by atoms with Crippen LogP contribution in [0.4, 0.5) is 14.5 Å². The van der Waals surface area contributed by atoms with E-state index in [-0.39, 0.29) is 5.41 Å². The lowest BCUT2D eigenvalue weighted by Gasteiger charge is -2.23. The third-order valence-electron chi connectivity index (χ3n) is 3.98. The summed E-state index contributed by atoms with van der Waals surface area (Å²) in [6.07, 6.45) is 4.00. The minimum absolute atomic E-state index is 0.0800. The van der Waals surface area contributed by atoms with Gasteiger partial charge in [0, 0.05) is 12.6 Å². The van der Waals surface area contributed by atoms with Gasteiger partial charge in [0.1, 0.15) is 11.4 Å². The molecular weight excluding hydrogens is 282 g/mol. The lowest BCUT2D eigenvalue weighted by atomic mass is 9.89. The van der Waals surface area contributed by atoms with Crippen LogP contribution in [0.3, 0.4) is 0 Å². The molecular formula is C14H16F2N2O3. The average Bonchev–Trinajstić information content (AvgIpc) is 2.83. The first-order chi connectivity index (χ1) is 9.84. The molecule has 2 rings (SSSR count). The largest absolute Gasteiger partial charge is 0.351 e. The molecule has 1 fully saturated rings. The van der Waals surface area contributed by atoms with Crippen LogP contribution in [0.1, 0.15) is 43.0 Å². The van der Waals surface area contributed by atoms with Gasteiger partial charge in [0.05, 0.1) is 4.92 Å². The number of benzene rings is 1. The number of rotatable bonds is 4. The van der Waals surface area contributed by atoms with Crippen molar-refractivity contribution in [2.75, 3.05) is 6.54 Å². The molecule has 0 saturated heterocycles. The SMILES string of the molecule is CC1(CNC(=O)c2c(F)ccc([N+](=O)[O-])c2F)CCCC1. The van der Waals surface area contributed by atoms with Crippen LogP contribution in [0.15, 0.2) is 12.1 Å². The zero-order valence-electron chi connectivity index (χ0n) is 11.6. The topological polar surface area (TPSA) is 72.2 Å². The average molecular weight is 298 g/mol. The van der Waals surface area contributed by atoms with E-state index in [0.717, 1.165) is 31.7 Å².